The van der Waals surface area contributed by atoms with Crippen molar-refractivity contribution in [1.82, 2.24) is 4.98 Å². The second-order valence-electron chi connectivity index (χ2n) is 5.51. The molecule has 0 N–H and O–H groups in total. The number of benzene rings is 1. The molecule has 1 amide bonds. The smallest absolute Gasteiger partial charge is 0.249 e. The molecule has 2 heterocycles. The van der Waals surface area contributed by atoms with Gasteiger partial charge in [0.2, 0.25) is 5.91 Å². The minimum atomic E-state index is -0.0701. The van der Waals surface area contributed by atoms with Crippen LogP contribution in [0.25, 0.3) is 0 Å². The van der Waals surface area contributed by atoms with E-state index in [9.17, 15) is 4.79 Å². The number of nitrogens with zero attached hydrogens (tertiary/aromatic N) is 3. The molecule has 0 aliphatic carbocycles. The van der Waals surface area contributed by atoms with E-state index in [2.05, 4.69) is 9.88 Å². The molecule has 1 aliphatic rings. The Hall–Kier alpha value is -1.88. The maximum Gasteiger partial charge on any atom is 0.249 e. The van der Waals surface area contributed by atoms with Gasteiger partial charge in [0, 0.05) is 18.8 Å². The lowest BCUT2D eigenvalue weighted by Crippen LogP contribution is -2.46. The molecule has 0 bridgehead atoms. The summed E-state index contributed by atoms with van der Waals surface area (Å²) in [6.45, 7) is 5.67. The number of carbonyl (C=O) groups excluding carboxylic acids is 1. The molecule has 1 aromatic carbocycles. The first kappa shape index (κ1) is 15.0. The highest BCUT2D eigenvalue weighted by atomic mass is 32.1. The number of amides is 1. The van der Waals surface area contributed by atoms with E-state index in [0.717, 1.165) is 35.8 Å². The normalized spacial score (nSPS) is 17.7. The predicted octanol–water partition coefficient (Wildman–Crippen LogP) is 3.47. The molecule has 0 spiro atoms. The van der Waals surface area contributed by atoms with Crippen molar-refractivity contribution in [1.29, 1.82) is 0 Å². The maximum absolute atomic E-state index is 13.1. The second-order valence-corrected chi connectivity index (χ2v) is 6.35. The number of likely N-dealkylation sites (N-methyl/N-ethyl adjacent to an activating group) is 1. The van der Waals surface area contributed by atoms with Crippen molar-refractivity contribution in [2.24, 2.45) is 0 Å². The Kier molecular flexibility index (Phi) is 4.43. The van der Waals surface area contributed by atoms with Gasteiger partial charge in [-0.1, -0.05) is 18.2 Å². The van der Waals surface area contributed by atoms with E-state index in [1.807, 2.05) is 54.6 Å². The van der Waals surface area contributed by atoms with E-state index < -0.39 is 0 Å². The first-order chi connectivity index (χ1) is 10.7. The van der Waals surface area contributed by atoms with Gasteiger partial charge in [-0.3, -0.25) is 4.79 Å². The summed E-state index contributed by atoms with van der Waals surface area (Å²) in [4.78, 5) is 21.5. The Morgan fingerprint density at radius 2 is 2.18 bits per heavy atom. The molecular weight excluding hydrogens is 294 g/mol. The van der Waals surface area contributed by atoms with E-state index in [1.165, 1.54) is 0 Å². The summed E-state index contributed by atoms with van der Waals surface area (Å²) < 4.78 is 0. The molecule has 4 nitrogen and oxygen atoms in total. The third-order valence-electron chi connectivity index (χ3n) is 4.17. The summed E-state index contributed by atoms with van der Waals surface area (Å²) in [5, 5.41) is 1.14. The van der Waals surface area contributed by atoms with Crippen LogP contribution in [0.2, 0.25) is 0 Å². The molecule has 1 saturated heterocycles. The summed E-state index contributed by atoms with van der Waals surface area (Å²) in [6, 6.07) is 9.86. The van der Waals surface area contributed by atoms with Crippen molar-refractivity contribution < 1.29 is 4.79 Å². The van der Waals surface area contributed by atoms with Crippen LogP contribution < -0.4 is 9.80 Å². The van der Waals surface area contributed by atoms with E-state index in [1.54, 1.807) is 11.3 Å². The summed E-state index contributed by atoms with van der Waals surface area (Å²) in [5.74, 6) is 0.194. The molecular formula is C17H21N3OS. The van der Waals surface area contributed by atoms with E-state index >= 15 is 0 Å². The number of rotatable bonds is 4. The quantitative estimate of drug-likeness (QED) is 0.867. The summed E-state index contributed by atoms with van der Waals surface area (Å²) in [7, 11) is 0. The standard InChI is InChI=1S/C17H21N3OS/c1-3-19(14-8-5-4-6-9-14)16(21)15-10-7-11-20(15)17-13(2)18-12-22-17/h4-6,8-9,12,15H,3,7,10-11H2,1-2H3. The fourth-order valence-electron chi connectivity index (χ4n) is 3.09. The van der Waals surface area contributed by atoms with Gasteiger partial charge in [-0.05, 0) is 38.8 Å². The Bertz CT molecular complexity index is 640. The molecule has 116 valence electrons. The first-order valence-corrected chi connectivity index (χ1v) is 8.63. The number of thiazole rings is 1. The van der Waals surface area contributed by atoms with Crippen molar-refractivity contribution in [3.63, 3.8) is 0 Å². The predicted molar refractivity (Wildman–Crippen MR) is 91.7 cm³/mol. The first-order valence-electron chi connectivity index (χ1n) is 7.75. The molecule has 0 radical (unpaired) electrons. The number of hydrogen-bond acceptors (Lipinski definition) is 4. The number of aromatic nitrogens is 1. The van der Waals surface area contributed by atoms with Crippen LogP contribution >= 0.6 is 11.3 Å². The third-order valence-corrected chi connectivity index (χ3v) is 5.13. The molecule has 2 aromatic rings. The lowest BCUT2D eigenvalue weighted by Gasteiger charge is -2.30. The average Bonchev–Trinajstić information content (AvgIpc) is 3.17. The minimum Gasteiger partial charge on any atom is -0.350 e. The topological polar surface area (TPSA) is 36.4 Å². The lowest BCUT2D eigenvalue weighted by molar-refractivity contribution is -0.119. The summed E-state index contributed by atoms with van der Waals surface area (Å²) in [6.07, 6.45) is 1.97. The van der Waals surface area contributed by atoms with Gasteiger partial charge in [0.15, 0.2) is 0 Å². The second kappa shape index (κ2) is 6.48. The van der Waals surface area contributed by atoms with Crippen LogP contribution in [-0.2, 0) is 4.79 Å². The van der Waals surface area contributed by atoms with Crippen LogP contribution in [0.15, 0.2) is 35.8 Å². The van der Waals surface area contributed by atoms with Crippen LogP contribution in [0.1, 0.15) is 25.5 Å². The monoisotopic (exact) mass is 315 g/mol. The zero-order valence-corrected chi connectivity index (χ0v) is 13.8. The van der Waals surface area contributed by atoms with Gasteiger partial charge in [-0.15, -0.1) is 11.3 Å². The molecule has 5 heteroatoms. The Morgan fingerprint density at radius 1 is 1.41 bits per heavy atom. The molecule has 1 aromatic heterocycles. The van der Waals surface area contributed by atoms with Gasteiger partial charge < -0.3 is 9.80 Å². The Labute approximate surface area is 135 Å². The fourth-order valence-corrected chi connectivity index (χ4v) is 3.98. The number of para-hydroxylation sites is 1. The number of carbonyl (C=O) groups is 1. The molecule has 1 atom stereocenters. The zero-order chi connectivity index (χ0) is 15.5. The third kappa shape index (κ3) is 2.73. The molecule has 22 heavy (non-hydrogen) atoms. The minimum absolute atomic E-state index is 0.0701. The van der Waals surface area contributed by atoms with Crippen molar-refractivity contribution in [3.8, 4) is 0 Å². The Morgan fingerprint density at radius 3 is 2.82 bits per heavy atom. The van der Waals surface area contributed by atoms with Crippen LogP contribution in [0.5, 0.6) is 0 Å². The van der Waals surface area contributed by atoms with Crippen LogP contribution in [0.3, 0.4) is 0 Å². The number of aryl methyl sites for hydroxylation is 1. The van der Waals surface area contributed by atoms with Gasteiger partial charge in [0.25, 0.3) is 0 Å². The molecule has 3 rings (SSSR count). The van der Waals surface area contributed by atoms with Gasteiger partial charge in [-0.25, -0.2) is 4.98 Å². The van der Waals surface area contributed by atoms with Crippen molar-refractivity contribution in [2.45, 2.75) is 32.7 Å². The number of hydrogen-bond donors (Lipinski definition) is 0. The van der Waals surface area contributed by atoms with Gasteiger partial charge in [-0.2, -0.15) is 0 Å². The molecule has 1 aliphatic heterocycles. The number of anilines is 2. The van der Waals surface area contributed by atoms with Crippen LogP contribution in [0.4, 0.5) is 10.7 Å². The molecule has 1 unspecified atom stereocenters. The van der Waals surface area contributed by atoms with Crippen LogP contribution in [-0.4, -0.2) is 30.0 Å². The largest absolute Gasteiger partial charge is 0.350 e. The molecule has 0 saturated carbocycles. The average molecular weight is 315 g/mol. The highest BCUT2D eigenvalue weighted by molar-refractivity contribution is 7.14. The molecule has 1 fully saturated rings. The van der Waals surface area contributed by atoms with Gasteiger partial charge in [0.1, 0.15) is 11.0 Å². The van der Waals surface area contributed by atoms with Gasteiger partial charge >= 0.3 is 0 Å². The Balaban J connectivity index is 1.85. The highest BCUT2D eigenvalue weighted by Crippen LogP contribution is 2.33. The highest BCUT2D eigenvalue weighted by Gasteiger charge is 2.35. The van der Waals surface area contributed by atoms with E-state index in [4.69, 9.17) is 0 Å². The van der Waals surface area contributed by atoms with Crippen molar-refractivity contribution >= 4 is 27.9 Å². The summed E-state index contributed by atoms with van der Waals surface area (Å²) >= 11 is 1.63. The lowest BCUT2D eigenvalue weighted by atomic mass is 10.1. The van der Waals surface area contributed by atoms with Gasteiger partial charge in [0.05, 0.1) is 11.2 Å². The van der Waals surface area contributed by atoms with E-state index in [0.29, 0.717) is 6.54 Å². The van der Waals surface area contributed by atoms with Crippen LogP contribution in [0, 0.1) is 6.92 Å². The zero-order valence-electron chi connectivity index (χ0n) is 13.0. The van der Waals surface area contributed by atoms with E-state index in [-0.39, 0.29) is 11.9 Å². The fraction of sp³-hybridized carbons (Fsp3) is 0.412. The SMILES string of the molecule is CCN(C(=O)C1CCCN1c1scnc1C)c1ccccc1. The van der Waals surface area contributed by atoms with Crippen molar-refractivity contribution in [3.05, 3.63) is 41.5 Å². The summed E-state index contributed by atoms with van der Waals surface area (Å²) in [5.41, 5.74) is 3.86. The van der Waals surface area contributed by atoms with Crippen molar-refractivity contribution in [2.75, 3.05) is 22.9 Å². The maximum atomic E-state index is 13.1.